The minimum Gasteiger partial charge on any atom is -0.464 e. The van der Waals surface area contributed by atoms with Crippen LogP contribution in [0, 0.1) is 11.6 Å². The maximum atomic E-state index is 13.6. The van der Waals surface area contributed by atoms with Crippen molar-refractivity contribution in [2.75, 3.05) is 6.61 Å². The van der Waals surface area contributed by atoms with Gasteiger partial charge in [0.15, 0.2) is 0 Å². The lowest BCUT2D eigenvalue weighted by atomic mass is 10.0. The Labute approximate surface area is 229 Å². The molecule has 0 heterocycles. The Morgan fingerprint density at radius 2 is 1.21 bits per heavy atom. The number of amides is 1. The molecule has 0 radical (unpaired) electrons. The van der Waals surface area contributed by atoms with Crippen molar-refractivity contribution in [3.63, 3.8) is 0 Å². The van der Waals surface area contributed by atoms with Crippen molar-refractivity contribution in [2.24, 2.45) is 0 Å². The summed E-state index contributed by atoms with van der Waals surface area (Å²) in [5.74, 6) is -2.14. The van der Waals surface area contributed by atoms with E-state index in [2.05, 4.69) is 12.2 Å². The van der Waals surface area contributed by atoms with Gasteiger partial charge in [0.05, 0.1) is 6.61 Å². The van der Waals surface area contributed by atoms with Gasteiger partial charge in [0.25, 0.3) is 0 Å². The number of benzene rings is 1. The lowest BCUT2D eigenvalue weighted by Gasteiger charge is -2.23. The fraction of sp³-hybridized carbons (Fsp3) is 0.742. The van der Waals surface area contributed by atoms with Crippen LogP contribution in [-0.2, 0) is 20.7 Å². The second-order valence-electron chi connectivity index (χ2n) is 11.3. The van der Waals surface area contributed by atoms with Crippen LogP contribution in [0.5, 0.6) is 0 Å². The van der Waals surface area contributed by atoms with Crippen LogP contribution in [0.3, 0.4) is 0 Å². The van der Waals surface area contributed by atoms with Gasteiger partial charge in [-0.25, -0.2) is 18.4 Å². The normalized spacial score (nSPS) is 12.3. The lowest BCUT2D eigenvalue weighted by Crippen LogP contribution is -2.45. The average Bonchev–Trinajstić information content (AvgIpc) is 2.81. The molecule has 0 saturated heterocycles. The van der Waals surface area contributed by atoms with Gasteiger partial charge < -0.3 is 14.8 Å². The van der Waals surface area contributed by atoms with Gasteiger partial charge in [0, 0.05) is 12.5 Å². The minimum absolute atomic E-state index is 0.106. The third-order valence-electron chi connectivity index (χ3n) is 6.33. The number of unbranched alkanes of at least 4 members (excludes halogenated alkanes) is 14. The Hall–Kier alpha value is -2.18. The molecule has 38 heavy (non-hydrogen) atoms. The summed E-state index contributed by atoms with van der Waals surface area (Å²) in [5, 5.41) is 2.48. The first-order valence-corrected chi connectivity index (χ1v) is 14.7. The Kier molecular flexibility index (Phi) is 17.7. The van der Waals surface area contributed by atoms with Crippen LogP contribution >= 0.6 is 0 Å². The molecule has 5 nitrogen and oxygen atoms in total. The zero-order valence-corrected chi connectivity index (χ0v) is 24.2. The van der Waals surface area contributed by atoms with Gasteiger partial charge in [-0.1, -0.05) is 96.8 Å². The van der Waals surface area contributed by atoms with Gasteiger partial charge in [-0.3, -0.25) is 0 Å². The van der Waals surface area contributed by atoms with E-state index in [4.69, 9.17) is 9.47 Å². The third kappa shape index (κ3) is 18.1. The Bertz CT molecular complexity index is 774. The fourth-order valence-corrected chi connectivity index (χ4v) is 4.35. The molecule has 0 aliphatic heterocycles. The van der Waals surface area contributed by atoms with Crippen LogP contribution in [-0.4, -0.2) is 30.3 Å². The molecule has 1 rings (SSSR count). The first-order chi connectivity index (χ1) is 18.1. The zero-order chi connectivity index (χ0) is 28.2. The summed E-state index contributed by atoms with van der Waals surface area (Å²) >= 11 is 0. The van der Waals surface area contributed by atoms with Crippen molar-refractivity contribution in [1.82, 2.24) is 5.32 Å². The number of carbonyl (C=O) groups excluding carboxylic acids is 2. The molecule has 7 heteroatoms. The lowest BCUT2D eigenvalue weighted by molar-refractivity contribution is -0.146. The van der Waals surface area contributed by atoms with Crippen molar-refractivity contribution >= 4 is 12.1 Å². The number of halogens is 2. The predicted molar refractivity (Wildman–Crippen MR) is 149 cm³/mol. The highest BCUT2D eigenvalue weighted by molar-refractivity contribution is 5.81. The number of hydrogen-bond donors (Lipinski definition) is 1. The van der Waals surface area contributed by atoms with Gasteiger partial charge in [-0.05, 0) is 44.9 Å². The third-order valence-corrected chi connectivity index (χ3v) is 6.33. The number of esters is 1. The summed E-state index contributed by atoms with van der Waals surface area (Å²) in [6.45, 7) is 7.61. The Balaban J connectivity index is 2.26. The quantitative estimate of drug-likeness (QED) is 0.133. The molecular weight excluding hydrogens is 488 g/mol. The van der Waals surface area contributed by atoms with E-state index in [-0.39, 0.29) is 18.6 Å². The maximum absolute atomic E-state index is 13.6. The molecule has 0 aromatic heterocycles. The highest BCUT2D eigenvalue weighted by Crippen LogP contribution is 2.15. The molecule has 0 spiro atoms. The van der Waals surface area contributed by atoms with Crippen molar-refractivity contribution in [2.45, 2.75) is 142 Å². The van der Waals surface area contributed by atoms with E-state index in [9.17, 15) is 18.4 Å². The zero-order valence-electron chi connectivity index (χ0n) is 24.2. The van der Waals surface area contributed by atoms with Crippen LogP contribution < -0.4 is 5.32 Å². The van der Waals surface area contributed by atoms with Crippen LogP contribution in [0.15, 0.2) is 18.2 Å². The summed E-state index contributed by atoms with van der Waals surface area (Å²) in [5.41, 5.74) is -0.510. The molecule has 0 bridgehead atoms. The van der Waals surface area contributed by atoms with Crippen LogP contribution in [0.2, 0.25) is 0 Å². The fourth-order valence-electron chi connectivity index (χ4n) is 4.35. The smallest absolute Gasteiger partial charge is 0.408 e. The number of alkyl carbamates (subject to hydrolysis) is 1. The summed E-state index contributed by atoms with van der Waals surface area (Å²) in [4.78, 5) is 24.9. The van der Waals surface area contributed by atoms with Gasteiger partial charge in [0.2, 0.25) is 0 Å². The van der Waals surface area contributed by atoms with Crippen molar-refractivity contribution in [3.8, 4) is 0 Å². The molecule has 1 atom stereocenters. The van der Waals surface area contributed by atoms with Crippen molar-refractivity contribution < 1.29 is 27.8 Å². The predicted octanol–water partition coefficient (Wildman–Crippen LogP) is 8.82. The maximum Gasteiger partial charge on any atom is 0.408 e. The molecule has 1 N–H and O–H groups in total. The highest BCUT2D eigenvalue weighted by atomic mass is 19.1. The number of rotatable bonds is 20. The summed E-state index contributed by atoms with van der Waals surface area (Å²) < 4.78 is 37.8. The monoisotopic (exact) mass is 539 g/mol. The second kappa shape index (κ2) is 19.8. The molecule has 0 fully saturated rings. The van der Waals surface area contributed by atoms with Gasteiger partial charge in [-0.15, -0.1) is 0 Å². The Morgan fingerprint density at radius 3 is 1.66 bits per heavy atom. The number of carbonyl (C=O) groups is 2. The standard InChI is InChI=1S/C31H51F2NO4/c1-5-6-7-8-9-10-11-12-13-14-15-16-17-18-19-20-37-29(35)28(34-30(36)38-31(2,3)4)23-25-21-26(32)24-27(33)22-25/h21-22,24,28H,5-20,23H2,1-4H3,(H,34,36)/t28-/m0/s1. The average molecular weight is 540 g/mol. The van der Waals surface area contributed by atoms with Crippen LogP contribution in [0.25, 0.3) is 0 Å². The molecule has 1 amide bonds. The molecular formula is C31H51F2NO4. The molecule has 0 saturated carbocycles. The molecule has 1 aromatic carbocycles. The summed E-state index contributed by atoms with van der Waals surface area (Å²) in [6.07, 6.45) is 17.8. The minimum atomic E-state index is -1.11. The van der Waals surface area contributed by atoms with E-state index in [0.29, 0.717) is 0 Å². The second-order valence-corrected chi connectivity index (χ2v) is 11.3. The first-order valence-electron chi connectivity index (χ1n) is 14.7. The van der Waals surface area contributed by atoms with Crippen LogP contribution in [0.1, 0.15) is 130 Å². The SMILES string of the molecule is CCCCCCCCCCCCCCCCCOC(=O)[C@H](Cc1cc(F)cc(F)c1)NC(=O)OC(C)(C)C. The number of hydrogen-bond acceptors (Lipinski definition) is 4. The largest absolute Gasteiger partial charge is 0.464 e. The highest BCUT2D eigenvalue weighted by Gasteiger charge is 2.26. The molecule has 0 aliphatic carbocycles. The molecule has 0 unspecified atom stereocenters. The molecule has 0 aliphatic rings. The molecule has 1 aromatic rings. The van der Waals surface area contributed by atoms with Crippen LogP contribution in [0.4, 0.5) is 13.6 Å². The Morgan fingerprint density at radius 1 is 0.763 bits per heavy atom. The van der Waals surface area contributed by atoms with E-state index in [1.54, 1.807) is 20.8 Å². The van der Waals surface area contributed by atoms with E-state index >= 15 is 0 Å². The number of nitrogens with one attached hydrogen (secondary N) is 1. The van der Waals surface area contributed by atoms with Gasteiger partial charge in [0.1, 0.15) is 23.3 Å². The van der Waals surface area contributed by atoms with E-state index in [1.165, 1.54) is 77.0 Å². The molecule has 218 valence electrons. The van der Waals surface area contributed by atoms with E-state index in [1.807, 2.05) is 0 Å². The van der Waals surface area contributed by atoms with Crippen molar-refractivity contribution in [1.29, 1.82) is 0 Å². The first kappa shape index (κ1) is 33.8. The van der Waals surface area contributed by atoms with E-state index in [0.717, 1.165) is 37.5 Å². The van der Waals surface area contributed by atoms with E-state index < -0.39 is 35.3 Å². The van der Waals surface area contributed by atoms with Gasteiger partial charge >= 0.3 is 12.1 Å². The summed E-state index contributed by atoms with van der Waals surface area (Å²) in [6, 6.07) is 1.92. The van der Waals surface area contributed by atoms with Gasteiger partial charge in [-0.2, -0.15) is 0 Å². The number of ether oxygens (including phenoxy) is 2. The van der Waals surface area contributed by atoms with Crippen molar-refractivity contribution in [3.05, 3.63) is 35.4 Å². The summed E-state index contributed by atoms with van der Waals surface area (Å²) in [7, 11) is 0. The topological polar surface area (TPSA) is 64.6 Å².